The molecule has 0 saturated heterocycles. The van der Waals surface area contributed by atoms with Gasteiger partial charge in [0.2, 0.25) is 0 Å². The minimum Gasteiger partial charge on any atom is -0.469 e. The van der Waals surface area contributed by atoms with Crippen molar-refractivity contribution in [1.29, 1.82) is 0 Å². The van der Waals surface area contributed by atoms with E-state index in [0.717, 1.165) is 47.7 Å². The van der Waals surface area contributed by atoms with Crippen molar-refractivity contribution in [1.82, 2.24) is 15.6 Å². The molecule has 0 bridgehead atoms. The number of halogens is 1. The molecule has 2 aromatic rings. The first kappa shape index (κ1) is 22.3. The standard InChI is InChI=1S/C17H26N4OS2.HI/c1-13(2)15-12-24-16(21-15)11-20-17(19-8-10-23-3)18-7-6-14-5-4-9-22-14;/h4-5,9,12-13H,6-8,10-11H2,1-3H3,(H2,18,19,20);1H. The molecular weight excluding hydrogens is 467 g/mol. The van der Waals surface area contributed by atoms with Gasteiger partial charge in [0, 0.05) is 30.6 Å². The Bertz CT molecular complexity index is 614. The fourth-order valence-corrected chi connectivity index (χ4v) is 3.20. The summed E-state index contributed by atoms with van der Waals surface area (Å²) in [6.45, 7) is 6.60. The number of thioether (sulfide) groups is 1. The van der Waals surface area contributed by atoms with Crippen LogP contribution in [0.5, 0.6) is 0 Å². The van der Waals surface area contributed by atoms with Gasteiger partial charge in [-0.15, -0.1) is 35.3 Å². The van der Waals surface area contributed by atoms with Gasteiger partial charge >= 0.3 is 0 Å². The molecule has 0 fully saturated rings. The van der Waals surface area contributed by atoms with Gasteiger partial charge in [-0.05, 0) is 24.3 Å². The first-order valence-corrected chi connectivity index (χ1v) is 10.4. The lowest BCUT2D eigenvalue weighted by Gasteiger charge is -2.11. The average Bonchev–Trinajstić information content (AvgIpc) is 3.24. The molecule has 2 rings (SSSR count). The van der Waals surface area contributed by atoms with E-state index in [-0.39, 0.29) is 24.0 Å². The van der Waals surface area contributed by atoms with E-state index in [1.807, 2.05) is 23.9 Å². The molecule has 0 saturated carbocycles. The molecule has 0 spiro atoms. The van der Waals surface area contributed by atoms with Crippen LogP contribution in [0.15, 0.2) is 33.2 Å². The Labute approximate surface area is 175 Å². The number of thiazole rings is 1. The number of aromatic nitrogens is 1. The third kappa shape index (κ3) is 8.46. The van der Waals surface area contributed by atoms with Crippen LogP contribution >= 0.6 is 47.1 Å². The number of hydrogen-bond donors (Lipinski definition) is 2. The van der Waals surface area contributed by atoms with E-state index in [1.165, 1.54) is 0 Å². The largest absolute Gasteiger partial charge is 0.469 e. The van der Waals surface area contributed by atoms with Gasteiger partial charge in [-0.2, -0.15) is 11.8 Å². The Balaban J connectivity index is 0.00000312. The average molecular weight is 494 g/mol. The van der Waals surface area contributed by atoms with Gasteiger partial charge in [0.25, 0.3) is 0 Å². The second kappa shape index (κ2) is 12.6. The van der Waals surface area contributed by atoms with E-state index in [0.29, 0.717) is 12.5 Å². The van der Waals surface area contributed by atoms with Crippen molar-refractivity contribution in [3.05, 3.63) is 40.2 Å². The van der Waals surface area contributed by atoms with Crippen LogP contribution in [0.4, 0.5) is 0 Å². The molecule has 5 nitrogen and oxygen atoms in total. The molecule has 0 aliphatic carbocycles. The molecule has 0 atom stereocenters. The summed E-state index contributed by atoms with van der Waals surface area (Å²) in [6, 6.07) is 3.90. The van der Waals surface area contributed by atoms with E-state index < -0.39 is 0 Å². The molecule has 0 unspecified atom stereocenters. The van der Waals surface area contributed by atoms with Crippen LogP contribution in [-0.4, -0.2) is 36.0 Å². The summed E-state index contributed by atoms with van der Waals surface area (Å²) < 4.78 is 5.36. The molecule has 8 heteroatoms. The quantitative estimate of drug-likeness (QED) is 0.238. The fourth-order valence-electron chi connectivity index (χ4n) is 2.01. The maximum absolute atomic E-state index is 5.36. The lowest BCUT2D eigenvalue weighted by Crippen LogP contribution is -2.39. The maximum Gasteiger partial charge on any atom is 0.191 e. The van der Waals surface area contributed by atoms with Gasteiger partial charge < -0.3 is 15.1 Å². The van der Waals surface area contributed by atoms with Crippen LogP contribution in [0.25, 0.3) is 0 Å². The Morgan fingerprint density at radius 2 is 2.16 bits per heavy atom. The van der Waals surface area contributed by atoms with Gasteiger partial charge in [-0.1, -0.05) is 13.8 Å². The van der Waals surface area contributed by atoms with E-state index >= 15 is 0 Å². The fraction of sp³-hybridized carbons (Fsp3) is 0.529. The monoisotopic (exact) mass is 494 g/mol. The molecule has 0 aliphatic heterocycles. The number of guanidine groups is 1. The van der Waals surface area contributed by atoms with E-state index in [9.17, 15) is 0 Å². The van der Waals surface area contributed by atoms with Crippen LogP contribution in [0, 0.1) is 0 Å². The second-order valence-corrected chi connectivity index (χ2v) is 7.59. The second-order valence-electron chi connectivity index (χ2n) is 5.66. The predicted molar refractivity (Wildman–Crippen MR) is 120 cm³/mol. The van der Waals surface area contributed by atoms with Gasteiger partial charge in [0.05, 0.1) is 18.5 Å². The van der Waals surface area contributed by atoms with Crippen LogP contribution < -0.4 is 10.6 Å². The number of nitrogens with zero attached hydrogens (tertiary/aromatic N) is 2. The van der Waals surface area contributed by atoms with Gasteiger partial charge in [0.15, 0.2) is 5.96 Å². The summed E-state index contributed by atoms with van der Waals surface area (Å²) in [5.41, 5.74) is 1.15. The minimum absolute atomic E-state index is 0. The normalized spacial score (nSPS) is 11.4. The molecular formula is C17H27IN4OS2. The van der Waals surface area contributed by atoms with Crippen LogP contribution in [-0.2, 0) is 13.0 Å². The molecule has 25 heavy (non-hydrogen) atoms. The number of furan rings is 1. The van der Waals surface area contributed by atoms with E-state index in [1.54, 1.807) is 17.6 Å². The highest BCUT2D eigenvalue weighted by atomic mass is 127. The minimum atomic E-state index is 0. The van der Waals surface area contributed by atoms with E-state index in [4.69, 9.17) is 4.42 Å². The van der Waals surface area contributed by atoms with Crippen molar-refractivity contribution >= 4 is 53.0 Å². The molecule has 0 amide bonds. The molecule has 0 aliphatic rings. The third-order valence-electron chi connectivity index (χ3n) is 3.38. The Morgan fingerprint density at radius 1 is 1.36 bits per heavy atom. The summed E-state index contributed by atoms with van der Waals surface area (Å²) in [5, 5.41) is 9.91. The molecule has 2 N–H and O–H groups in total. The zero-order chi connectivity index (χ0) is 17.2. The number of aliphatic imine (C=N–C) groups is 1. The lowest BCUT2D eigenvalue weighted by atomic mass is 10.2. The summed E-state index contributed by atoms with van der Waals surface area (Å²) in [6.07, 6.45) is 4.65. The summed E-state index contributed by atoms with van der Waals surface area (Å²) >= 11 is 3.49. The van der Waals surface area contributed by atoms with Crippen LogP contribution in [0.2, 0.25) is 0 Å². The zero-order valence-corrected chi connectivity index (χ0v) is 18.9. The summed E-state index contributed by atoms with van der Waals surface area (Å²) in [7, 11) is 0. The predicted octanol–water partition coefficient (Wildman–Crippen LogP) is 4.12. The number of rotatable bonds is 9. The van der Waals surface area contributed by atoms with Gasteiger partial charge in [-0.3, -0.25) is 0 Å². The SMILES string of the molecule is CSCCNC(=NCc1nc(C(C)C)cs1)NCCc1ccco1.I. The highest BCUT2D eigenvalue weighted by molar-refractivity contribution is 14.0. The van der Waals surface area contributed by atoms with Crippen molar-refractivity contribution in [3.63, 3.8) is 0 Å². The van der Waals surface area contributed by atoms with Crippen molar-refractivity contribution < 1.29 is 4.42 Å². The number of hydrogen-bond acceptors (Lipinski definition) is 5. The Kier molecular flexibility index (Phi) is 11.2. The topological polar surface area (TPSA) is 62.5 Å². The van der Waals surface area contributed by atoms with Gasteiger partial charge in [-0.25, -0.2) is 9.98 Å². The maximum atomic E-state index is 5.36. The summed E-state index contributed by atoms with van der Waals surface area (Å²) in [5.74, 6) is 3.32. The zero-order valence-electron chi connectivity index (χ0n) is 14.9. The van der Waals surface area contributed by atoms with Crippen molar-refractivity contribution in [3.8, 4) is 0 Å². The summed E-state index contributed by atoms with van der Waals surface area (Å²) in [4.78, 5) is 9.30. The molecule has 0 aromatic carbocycles. The highest BCUT2D eigenvalue weighted by Gasteiger charge is 2.06. The van der Waals surface area contributed by atoms with Crippen molar-refractivity contribution in [2.45, 2.75) is 32.7 Å². The highest BCUT2D eigenvalue weighted by Crippen LogP contribution is 2.18. The van der Waals surface area contributed by atoms with Crippen LogP contribution in [0.1, 0.15) is 36.2 Å². The lowest BCUT2D eigenvalue weighted by molar-refractivity contribution is 0.507. The smallest absolute Gasteiger partial charge is 0.191 e. The van der Waals surface area contributed by atoms with Crippen LogP contribution in [0.3, 0.4) is 0 Å². The Hall–Kier alpha value is -0.740. The first-order valence-electron chi connectivity index (χ1n) is 8.17. The van der Waals surface area contributed by atoms with Gasteiger partial charge in [0.1, 0.15) is 10.8 Å². The third-order valence-corrected chi connectivity index (χ3v) is 4.84. The molecule has 2 heterocycles. The first-order chi connectivity index (χ1) is 11.7. The molecule has 0 radical (unpaired) electrons. The molecule has 2 aromatic heterocycles. The molecule has 140 valence electrons. The Morgan fingerprint density at radius 3 is 2.80 bits per heavy atom. The van der Waals surface area contributed by atoms with Crippen molar-refractivity contribution in [2.24, 2.45) is 4.99 Å². The van der Waals surface area contributed by atoms with Crippen molar-refractivity contribution in [2.75, 3.05) is 25.1 Å². The number of nitrogens with one attached hydrogen (secondary N) is 2. The van der Waals surface area contributed by atoms with E-state index in [2.05, 4.69) is 46.1 Å².